The highest BCUT2D eigenvalue weighted by atomic mass is 32.1. The van der Waals surface area contributed by atoms with Gasteiger partial charge in [0.15, 0.2) is 23.4 Å². The molecule has 1 atom stereocenters. The number of esters is 1. The average molecular weight is 416 g/mol. The van der Waals surface area contributed by atoms with E-state index in [1.54, 1.807) is 25.1 Å². The third-order valence-electron chi connectivity index (χ3n) is 4.51. The molecule has 2 heterocycles. The number of carbonyl (C=O) groups is 1. The van der Waals surface area contributed by atoms with Gasteiger partial charge in [-0.3, -0.25) is 4.79 Å². The van der Waals surface area contributed by atoms with Gasteiger partial charge in [0.2, 0.25) is 0 Å². The Hall–Kier alpha value is -2.87. The third-order valence-corrected chi connectivity index (χ3v) is 5.61. The molecule has 0 saturated heterocycles. The smallest absolute Gasteiger partial charge is 0.338 e. The van der Waals surface area contributed by atoms with E-state index in [1.807, 2.05) is 27.7 Å². The Morgan fingerprint density at radius 1 is 1.17 bits per heavy atom. The molecule has 2 aromatic heterocycles. The van der Waals surface area contributed by atoms with Gasteiger partial charge in [-0.1, -0.05) is 0 Å². The van der Waals surface area contributed by atoms with Crippen LogP contribution in [0.2, 0.25) is 0 Å². The molecule has 3 aromatic rings. The van der Waals surface area contributed by atoms with Gasteiger partial charge in [0, 0.05) is 4.88 Å². The van der Waals surface area contributed by atoms with E-state index in [-0.39, 0.29) is 5.56 Å². The fourth-order valence-electron chi connectivity index (χ4n) is 2.93. The summed E-state index contributed by atoms with van der Waals surface area (Å²) in [6.07, 6.45) is -0.718. The summed E-state index contributed by atoms with van der Waals surface area (Å²) in [5.74, 6) is 0.823. The molecule has 0 bridgehead atoms. The molecule has 29 heavy (non-hydrogen) atoms. The molecule has 0 amide bonds. The Bertz CT molecular complexity index is 1100. The average Bonchev–Trinajstić information content (AvgIpc) is 2.97. The minimum absolute atomic E-state index is 0.227. The van der Waals surface area contributed by atoms with Gasteiger partial charge in [-0.25, -0.2) is 9.78 Å². The molecular weight excluding hydrogens is 392 g/mol. The van der Waals surface area contributed by atoms with Crippen molar-refractivity contribution >= 4 is 27.5 Å². The summed E-state index contributed by atoms with van der Waals surface area (Å²) in [5, 5.41) is 0.586. The highest BCUT2D eigenvalue weighted by molar-refractivity contribution is 7.18. The van der Waals surface area contributed by atoms with Gasteiger partial charge in [-0.2, -0.15) is 0 Å². The van der Waals surface area contributed by atoms with Crippen LogP contribution in [0.5, 0.6) is 11.5 Å². The quantitative estimate of drug-likeness (QED) is 0.577. The largest absolute Gasteiger partial charge is 0.490 e. The van der Waals surface area contributed by atoms with Crippen molar-refractivity contribution in [3.8, 4) is 11.5 Å². The first-order chi connectivity index (χ1) is 13.8. The van der Waals surface area contributed by atoms with Crippen LogP contribution in [0.1, 0.15) is 53.5 Å². The van der Waals surface area contributed by atoms with Crippen molar-refractivity contribution < 1.29 is 19.0 Å². The number of aromatic amines is 1. The van der Waals surface area contributed by atoms with Gasteiger partial charge in [-0.05, 0) is 58.4 Å². The number of aromatic nitrogens is 2. The number of H-pyrrole nitrogens is 1. The second-order valence-electron chi connectivity index (χ2n) is 6.49. The molecule has 8 heteroatoms. The van der Waals surface area contributed by atoms with E-state index < -0.39 is 12.1 Å². The Morgan fingerprint density at radius 2 is 1.86 bits per heavy atom. The lowest BCUT2D eigenvalue weighted by Crippen LogP contribution is -2.17. The minimum atomic E-state index is -0.718. The SMILES string of the molecule is CCOc1ccc(C(=O)O[C@@H](C)c2nc3sc(C)c(C)c3c(=O)[nH]2)cc1OCC. The Morgan fingerprint density at radius 3 is 2.55 bits per heavy atom. The van der Waals surface area contributed by atoms with Crippen LogP contribution in [0.25, 0.3) is 10.2 Å². The van der Waals surface area contributed by atoms with Gasteiger partial charge >= 0.3 is 5.97 Å². The molecule has 0 aliphatic heterocycles. The van der Waals surface area contributed by atoms with E-state index in [2.05, 4.69) is 9.97 Å². The van der Waals surface area contributed by atoms with Gasteiger partial charge in [0.05, 0.1) is 24.2 Å². The molecule has 0 fully saturated rings. The maximum Gasteiger partial charge on any atom is 0.338 e. The lowest BCUT2D eigenvalue weighted by Gasteiger charge is -2.15. The van der Waals surface area contributed by atoms with Crippen LogP contribution in [0.4, 0.5) is 0 Å². The number of ether oxygens (including phenoxy) is 3. The maximum absolute atomic E-state index is 12.6. The number of nitrogens with one attached hydrogen (secondary N) is 1. The Balaban J connectivity index is 1.84. The molecule has 0 aliphatic carbocycles. The maximum atomic E-state index is 12.6. The molecule has 0 unspecified atom stereocenters. The zero-order valence-corrected chi connectivity index (χ0v) is 17.9. The summed E-state index contributed by atoms with van der Waals surface area (Å²) >= 11 is 1.45. The molecule has 3 rings (SSSR count). The number of hydrogen-bond acceptors (Lipinski definition) is 7. The number of carbonyl (C=O) groups excluding carboxylic acids is 1. The first-order valence-electron chi connectivity index (χ1n) is 9.46. The van der Waals surface area contributed by atoms with Crippen LogP contribution < -0.4 is 15.0 Å². The van der Waals surface area contributed by atoms with Gasteiger partial charge in [-0.15, -0.1) is 11.3 Å². The number of aryl methyl sites for hydroxylation is 2. The van der Waals surface area contributed by atoms with Crippen LogP contribution in [-0.2, 0) is 4.74 Å². The first-order valence-corrected chi connectivity index (χ1v) is 10.3. The lowest BCUT2D eigenvalue weighted by atomic mass is 10.2. The van der Waals surface area contributed by atoms with E-state index in [9.17, 15) is 9.59 Å². The monoisotopic (exact) mass is 416 g/mol. The number of thiophene rings is 1. The van der Waals surface area contributed by atoms with Crippen LogP contribution in [0.3, 0.4) is 0 Å². The fraction of sp³-hybridized carbons (Fsp3) is 0.381. The first kappa shape index (κ1) is 20.9. The molecule has 0 aliphatic rings. The molecule has 0 radical (unpaired) electrons. The second-order valence-corrected chi connectivity index (χ2v) is 7.69. The van der Waals surface area contributed by atoms with Crippen molar-refractivity contribution in [1.29, 1.82) is 0 Å². The second kappa shape index (κ2) is 8.65. The van der Waals surface area contributed by atoms with Crippen molar-refractivity contribution in [1.82, 2.24) is 9.97 Å². The summed E-state index contributed by atoms with van der Waals surface area (Å²) < 4.78 is 16.6. The normalized spacial score (nSPS) is 12.0. The van der Waals surface area contributed by atoms with Gasteiger partial charge in [0.1, 0.15) is 4.83 Å². The summed E-state index contributed by atoms with van der Waals surface area (Å²) in [4.78, 5) is 34.0. The zero-order chi connectivity index (χ0) is 21.1. The summed E-state index contributed by atoms with van der Waals surface area (Å²) in [5.41, 5.74) is 1.03. The van der Waals surface area contributed by atoms with E-state index in [0.29, 0.717) is 46.3 Å². The van der Waals surface area contributed by atoms with Crippen LogP contribution in [0, 0.1) is 13.8 Å². The fourth-order valence-corrected chi connectivity index (χ4v) is 3.96. The van der Waals surface area contributed by atoms with Gasteiger partial charge < -0.3 is 19.2 Å². The van der Waals surface area contributed by atoms with Crippen molar-refractivity contribution in [2.75, 3.05) is 13.2 Å². The van der Waals surface area contributed by atoms with E-state index >= 15 is 0 Å². The van der Waals surface area contributed by atoms with Crippen LogP contribution >= 0.6 is 11.3 Å². The Kier molecular flexibility index (Phi) is 6.22. The number of benzene rings is 1. The molecule has 7 nitrogen and oxygen atoms in total. The van der Waals surface area contributed by atoms with E-state index in [0.717, 1.165) is 10.4 Å². The molecule has 0 spiro atoms. The topological polar surface area (TPSA) is 90.5 Å². The summed E-state index contributed by atoms with van der Waals surface area (Å²) in [6, 6.07) is 4.89. The predicted molar refractivity (Wildman–Crippen MR) is 112 cm³/mol. The van der Waals surface area contributed by atoms with Crippen molar-refractivity contribution in [3.05, 3.63) is 50.4 Å². The zero-order valence-electron chi connectivity index (χ0n) is 17.1. The van der Waals surface area contributed by atoms with E-state index in [4.69, 9.17) is 14.2 Å². The predicted octanol–water partition coefficient (Wildman–Crippen LogP) is 4.32. The number of nitrogens with zero attached hydrogens (tertiary/aromatic N) is 1. The van der Waals surface area contributed by atoms with Crippen LogP contribution in [0.15, 0.2) is 23.0 Å². The number of rotatable bonds is 7. The van der Waals surface area contributed by atoms with Crippen molar-refractivity contribution in [2.45, 2.75) is 40.7 Å². The molecule has 0 saturated carbocycles. The highest BCUT2D eigenvalue weighted by Gasteiger charge is 2.20. The molecular formula is C21H24N2O5S. The molecule has 154 valence electrons. The summed E-state index contributed by atoms with van der Waals surface area (Å²) in [7, 11) is 0. The molecule has 1 aromatic carbocycles. The van der Waals surface area contributed by atoms with Crippen molar-refractivity contribution in [2.24, 2.45) is 0 Å². The van der Waals surface area contributed by atoms with Gasteiger partial charge in [0.25, 0.3) is 5.56 Å². The third kappa shape index (κ3) is 4.27. The highest BCUT2D eigenvalue weighted by Crippen LogP contribution is 2.30. The van der Waals surface area contributed by atoms with Crippen LogP contribution in [-0.4, -0.2) is 29.2 Å². The standard InChI is InChI=1S/C21H24N2O5S/c1-6-26-15-9-8-14(10-16(15)27-7-2)21(25)28-12(4)18-22-19(24)17-11(3)13(5)29-20(17)23-18/h8-10,12H,6-7H2,1-5H3,(H,22,23,24)/t12-/m0/s1. The van der Waals surface area contributed by atoms with E-state index in [1.165, 1.54) is 11.3 Å². The number of hydrogen-bond donors (Lipinski definition) is 1. The Labute approximate surface area is 172 Å². The minimum Gasteiger partial charge on any atom is -0.490 e. The number of fused-ring (bicyclic) bond motifs is 1. The molecule has 1 N–H and O–H groups in total. The lowest BCUT2D eigenvalue weighted by molar-refractivity contribution is 0.0319. The summed E-state index contributed by atoms with van der Waals surface area (Å²) in [6.45, 7) is 10.2. The van der Waals surface area contributed by atoms with Crippen molar-refractivity contribution in [3.63, 3.8) is 0 Å².